The van der Waals surface area contributed by atoms with E-state index in [9.17, 15) is 9.59 Å². The van der Waals surface area contributed by atoms with Gasteiger partial charge in [-0.05, 0) is 30.3 Å². The Morgan fingerprint density at radius 3 is 2.43 bits per heavy atom. The Morgan fingerprint density at radius 2 is 1.77 bits per heavy atom. The van der Waals surface area contributed by atoms with E-state index in [2.05, 4.69) is 9.88 Å². The number of aromatic nitrogens is 2. The summed E-state index contributed by atoms with van der Waals surface area (Å²) in [6.07, 6.45) is 0. The molecule has 0 unspecified atom stereocenters. The Morgan fingerprint density at radius 1 is 1.03 bits per heavy atom. The van der Waals surface area contributed by atoms with E-state index in [0.29, 0.717) is 53.7 Å². The largest absolute Gasteiger partial charge is 0.465 e. The molecule has 1 fully saturated rings. The summed E-state index contributed by atoms with van der Waals surface area (Å²) in [6.45, 7) is 4.16. The van der Waals surface area contributed by atoms with Gasteiger partial charge in [0.1, 0.15) is 5.82 Å². The van der Waals surface area contributed by atoms with Crippen LogP contribution in [0, 0.1) is 0 Å². The number of ether oxygens (including phenoxy) is 1. The number of benzene rings is 2. The fraction of sp³-hybridized carbons (Fsp3) is 0.273. The maximum Gasteiger partial charge on any atom is 0.337 e. The van der Waals surface area contributed by atoms with Gasteiger partial charge in [-0.25, -0.2) is 14.8 Å². The number of esters is 1. The van der Waals surface area contributed by atoms with Crippen LogP contribution in [0.1, 0.15) is 17.3 Å². The maximum atomic E-state index is 12.0. The second-order valence-corrected chi connectivity index (χ2v) is 7.47. The minimum Gasteiger partial charge on any atom is -0.465 e. The number of piperazine rings is 1. The first kappa shape index (κ1) is 20.1. The van der Waals surface area contributed by atoms with Gasteiger partial charge in [-0.2, -0.15) is 0 Å². The Hall–Kier alpha value is -3.19. The van der Waals surface area contributed by atoms with Crippen LogP contribution in [0.4, 0.5) is 5.82 Å². The highest BCUT2D eigenvalue weighted by Crippen LogP contribution is 2.32. The second kappa shape index (κ2) is 8.28. The van der Waals surface area contributed by atoms with Gasteiger partial charge in [-0.3, -0.25) is 4.79 Å². The average Bonchev–Trinajstić information content (AvgIpc) is 2.77. The highest BCUT2D eigenvalue weighted by Gasteiger charge is 2.23. The van der Waals surface area contributed by atoms with Gasteiger partial charge < -0.3 is 14.5 Å². The fourth-order valence-corrected chi connectivity index (χ4v) is 3.82. The number of carbonyl (C=O) groups excluding carboxylic acids is 2. The number of hydrogen-bond donors (Lipinski definition) is 0. The third-order valence-corrected chi connectivity index (χ3v) is 5.57. The van der Waals surface area contributed by atoms with Crippen molar-refractivity contribution in [2.45, 2.75) is 6.92 Å². The predicted molar refractivity (Wildman–Crippen MR) is 116 cm³/mol. The number of anilines is 1. The molecule has 30 heavy (non-hydrogen) atoms. The smallest absolute Gasteiger partial charge is 0.337 e. The normalized spacial score (nSPS) is 14.1. The Bertz CT molecular complexity index is 1130. The molecule has 4 rings (SSSR count). The number of rotatable bonds is 3. The molecule has 1 aromatic heterocycles. The van der Waals surface area contributed by atoms with Crippen LogP contribution in [0.25, 0.3) is 22.3 Å². The van der Waals surface area contributed by atoms with Crippen LogP contribution in [0.3, 0.4) is 0 Å². The minimum absolute atomic E-state index is 0.0710. The van der Waals surface area contributed by atoms with Gasteiger partial charge in [0, 0.05) is 44.1 Å². The SMILES string of the molecule is COC(=O)c1ccc2c(N3CCN(C(C)=O)CC3)nc(-c3ccccc3Cl)nc2c1. The van der Waals surface area contributed by atoms with Crippen molar-refractivity contribution >= 4 is 40.2 Å². The molecule has 154 valence electrons. The van der Waals surface area contributed by atoms with E-state index in [0.717, 1.165) is 11.2 Å². The Labute approximate surface area is 179 Å². The number of hydrogen-bond acceptors (Lipinski definition) is 6. The highest BCUT2D eigenvalue weighted by molar-refractivity contribution is 6.33. The lowest BCUT2D eigenvalue weighted by molar-refractivity contribution is -0.129. The molecule has 3 aromatic rings. The predicted octanol–water partition coefficient (Wildman–Crippen LogP) is 3.41. The number of methoxy groups -OCH3 is 1. The summed E-state index contributed by atoms with van der Waals surface area (Å²) in [5.41, 5.74) is 1.76. The van der Waals surface area contributed by atoms with Crippen molar-refractivity contribution in [3.8, 4) is 11.4 Å². The number of amides is 1. The molecule has 1 saturated heterocycles. The molecule has 0 N–H and O–H groups in total. The highest BCUT2D eigenvalue weighted by atomic mass is 35.5. The maximum absolute atomic E-state index is 12.0. The Kier molecular flexibility index (Phi) is 5.55. The molecule has 2 heterocycles. The molecule has 0 aliphatic carbocycles. The van der Waals surface area contributed by atoms with Crippen molar-refractivity contribution in [3.05, 3.63) is 53.1 Å². The van der Waals surface area contributed by atoms with E-state index >= 15 is 0 Å². The van der Waals surface area contributed by atoms with E-state index in [1.807, 2.05) is 29.2 Å². The van der Waals surface area contributed by atoms with Crippen LogP contribution >= 0.6 is 11.6 Å². The van der Waals surface area contributed by atoms with Gasteiger partial charge in [0.05, 0.1) is 23.2 Å². The molecule has 1 aliphatic heterocycles. The summed E-state index contributed by atoms with van der Waals surface area (Å²) in [4.78, 5) is 37.2. The number of halogens is 1. The summed E-state index contributed by atoms with van der Waals surface area (Å²) >= 11 is 6.39. The van der Waals surface area contributed by atoms with Gasteiger partial charge >= 0.3 is 5.97 Å². The quantitative estimate of drug-likeness (QED) is 0.600. The van der Waals surface area contributed by atoms with E-state index < -0.39 is 5.97 Å². The van der Waals surface area contributed by atoms with Crippen LogP contribution in [-0.2, 0) is 9.53 Å². The van der Waals surface area contributed by atoms with Crippen LogP contribution in [0.15, 0.2) is 42.5 Å². The van der Waals surface area contributed by atoms with E-state index in [4.69, 9.17) is 21.3 Å². The second-order valence-electron chi connectivity index (χ2n) is 7.07. The van der Waals surface area contributed by atoms with Crippen LogP contribution < -0.4 is 4.90 Å². The molecular formula is C22H21ClN4O3. The van der Waals surface area contributed by atoms with Crippen molar-refractivity contribution < 1.29 is 14.3 Å². The van der Waals surface area contributed by atoms with Gasteiger partial charge in [0.2, 0.25) is 5.91 Å². The zero-order chi connectivity index (χ0) is 21.3. The number of fused-ring (bicyclic) bond motifs is 1. The lowest BCUT2D eigenvalue weighted by Crippen LogP contribution is -2.48. The molecule has 0 radical (unpaired) electrons. The first-order valence-corrected chi connectivity index (χ1v) is 10.0. The summed E-state index contributed by atoms with van der Waals surface area (Å²) in [6, 6.07) is 12.6. The summed E-state index contributed by atoms with van der Waals surface area (Å²) in [5.74, 6) is 0.891. The molecule has 0 saturated carbocycles. The van der Waals surface area contributed by atoms with Crippen molar-refractivity contribution in [2.24, 2.45) is 0 Å². The zero-order valence-corrected chi connectivity index (χ0v) is 17.5. The third-order valence-electron chi connectivity index (χ3n) is 5.24. The first-order valence-electron chi connectivity index (χ1n) is 9.63. The van der Waals surface area contributed by atoms with Gasteiger partial charge in [0.15, 0.2) is 5.82 Å². The van der Waals surface area contributed by atoms with Crippen molar-refractivity contribution in [3.63, 3.8) is 0 Å². The topological polar surface area (TPSA) is 75.6 Å². The van der Waals surface area contributed by atoms with Gasteiger partial charge in [-0.15, -0.1) is 0 Å². The van der Waals surface area contributed by atoms with E-state index in [1.54, 1.807) is 25.1 Å². The lowest BCUT2D eigenvalue weighted by Gasteiger charge is -2.35. The number of carbonyl (C=O) groups is 2. The fourth-order valence-electron chi connectivity index (χ4n) is 3.59. The van der Waals surface area contributed by atoms with E-state index in [-0.39, 0.29) is 5.91 Å². The Balaban J connectivity index is 1.84. The van der Waals surface area contributed by atoms with Gasteiger partial charge in [0.25, 0.3) is 0 Å². The molecule has 8 heteroatoms. The molecule has 2 aromatic carbocycles. The van der Waals surface area contributed by atoms with Gasteiger partial charge in [-0.1, -0.05) is 23.7 Å². The summed E-state index contributed by atoms with van der Waals surface area (Å²) in [7, 11) is 1.35. The first-order chi connectivity index (χ1) is 14.5. The standard InChI is InChI=1S/C22H21ClN4O3/c1-14(28)26-9-11-27(12-10-26)21-17-8-7-15(22(29)30-2)13-19(17)24-20(25-21)16-5-3-4-6-18(16)23/h3-8,13H,9-12H2,1-2H3. The van der Waals surface area contributed by atoms with Crippen molar-refractivity contribution in [1.82, 2.24) is 14.9 Å². The molecule has 0 atom stereocenters. The van der Waals surface area contributed by atoms with Crippen LogP contribution in [-0.4, -0.2) is 60.0 Å². The summed E-state index contributed by atoms with van der Waals surface area (Å²) < 4.78 is 4.85. The molecular weight excluding hydrogens is 404 g/mol. The number of nitrogens with zero attached hydrogens (tertiary/aromatic N) is 4. The molecule has 7 nitrogen and oxygen atoms in total. The monoisotopic (exact) mass is 424 g/mol. The summed E-state index contributed by atoms with van der Waals surface area (Å²) in [5, 5.41) is 1.38. The van der Waals surface area contributed by atoms with Crippen molar-refractivity contribution in [2.75, 3.05) is 38.2 Å². The van der Waals surface area contributed by atoms with Crippen LogP contribution in [0.5, 0.6) is 0 Å². The third kappa shape index (κ3) is 3.80. The molecule has 0 bridgehead atoms. The molecule has 1 aliphatic rings. The molecule has 1 amide bonds. The minimum atomic E-state index is -0.425. The van der Waals surface area contributed by atoms with Crippen molar-refractivity contribution in [1.29, 1.82) is 0 Å². The zero-order valence-electron chi connectivity index (χ0n) is 16.8. The van der Waals surface area contributed by atoms with E-state index in [1.165, 1.54) is 7.11 Å². The van der Waals surface area contributed by atoms with Crippen LogP contribution in [0.2, 0.25) is 5.02 Å². The molecule has 0 spiro atoms. The lowest BCUT2D eigenvalue weighted by atomic mass is 10.1. The average molecular weight is 425 g/mol.